The minimum Gasteiger partial charge on any atom is -0.726 e. The quantitative estimate of drug-likeness (QED) is 0.154. The molecule has 0 spiro atoms. The predicted octanol–water partition coefficient (Wildman–Crippen LogP) is 2.30. The highest BCUT2D eigenvalue weighted by Gasteiger charge is 2.20. The van der Waals surface area contributed by atoms with Crippen molar-refractivity contribution in [3.8, 4) is 0 Å². The van der Waals surface area contributed by atoms with Crippen molar-refractivity contribution in [1.29, 1.82) is 0 Å². The number of fused-ring (bicyclic) bond motifs is 2. The monoisotopic (exact) mass is 534 g/mol. The summed E-state index contributed by atoms with van der Waals surface area (Å²) in [5.41, 5.74) is 3.61. The second-order valence-corrected chi connectivity index (χ2v) is 9.35. The van der Waals surface area contributed by atoms with Crippen LogP contribution in [0, 0.1) is 0 Å². The van der Waals surface area contributed by atoms with Crippen molar-refractivity contribution in [3.63, 3.8) is 0 Å². The van der Waals surface area contributed by atoms with Gasteiger partial charge >= 0.3 is 16.7 Å². The fraction of sp³-hybridized carbons (Fsp3) is 0.238. The first kappa shape index (κ1) is 27.0. The predicted molar refractivity (Wildman–Crippen MR) is 131 cm³/mol. The molecule has 0 fully saturated rings. The number of carboxylic acid groups (broad SMARTS) is 1. The van der Waals surface area contributed by atoms with Gasteiger partial charge in [0.1, 0.15) is 11.2 Å². The first-order valence-corrected chi connectivity index (χ1v) is 12.4. The van der Waals surface area contributed by atoms with Crippen LogP contribution in [0.4, 0.5) is 16.5 Å². The fourth-order valence-corrected chi connectivity index (χ4v) is 3.83. The number of rotatable bonds is 7. The maximum Gasteiger partial charge on any atom is 0.347 e. The third-order valence-corrected chi connectivity index (χ3v) is 6.25. The van der Waals surface area contributed by atoms with Gasteiger partial charge in [-0.2, -0.15) is 0 Å². The molecule has 0 atom stereocenters. The van der Waals surface area contributed by atoms with Gasteiger partial charge in [-0.25, -0.2) is 22.8 Å². The molecule has 4 rings (SSSR count). The summed E-state index contributed by atoms with van der Waals surface area (Å²) in [5.74, 6) is -1.00. The molecule has 36 heavy (non-hydrogen) atoms. The van der Waals surface area contributed by atoms with Gasteiger partial charge in [-0.3, -0.25) is 4.18 Å². The summed E-state index contributed by atoms with van der Waals surface area (Å²) in [6.07, 6.45) is 0. The number of nitrogens with zero attached hydrogens (tertiary/aromatic N) is 6. The summed E-state index contributed by atoms with van der Waals surface area (Å²) in [5, 5.41) is 27.5. The van der Waals surface area contributed by atoms with E-state index in [1.54, 1.807) is 10.6 Å². The smallest absolute Gasteiger partial charge is 0.347 e. The molecule has 0 unspecified atom stereocenters. The Morgan fingerprint density at radius 2 is 1.83 bits per heavy atom. The number of carbonyl (C=O) groups is 1. The average Bonchev–Trinajstić information content (AvgIpc) is 3.15. The molecule has 2 N–H and O–H groups in total. The molecule has 190 valence electrons. The zero-order chi connectivity index (χ0) is 26.5. The second-order valence-electron chi connectivity index (χ2n) is 7.24. The van der Waals surface area contributed by atoms with Crippen molar-refractivity contribution in [2.45, 2.75) is 0 Å². The number of anilines is 1. The maximum absolute atomic E-state index is 11.2. The van der Waals surface area contributed by atoms with Crippen LogP contribution in [0.2, 0.25) is 0 Å². The Morgan fingerprint density at radius 1 is 1.17 bits per heavy atom. The molecule has 0 radical (unpaired) electrons. The Kier molecular flexibility index (Phi) is 8.54. The number of hydrogen-bond acceptors (Lipinski definition) is 12. The van der Waals surface area contributed by atoms with Crippen LogP contribution < -0.4 is 9.47 Å². The van der Waals surface area contributed by atoms with Crippen molar-refractivity contribution >= 4 is 65.7 Å². The Balaban J connectivity index is 0.000000538. The van der Waals surface area contributed by atoms with E-state index in [2.05, 4.69) is 24.4 Å². The van der Waals surface area contributed by atoms with Gasteiger partial charge in [-0.15, -0.1) is 0 Å². The normalized spacial score (nSPS) is 11.6. The van der Waals surface area contributed by atoms with Crippen LogP contribution in [0.15, 0.2) is 52.7 Å². The van der Waals surface area contributed by atoms with E-state index < -0.39 is 16.4 Å². The number of aromatic carboxylic acids is 1. The standard InChI is InChI=1S/C20H18N6O3S.CH4O4S/c1-25(9-10-27)14-6-4-13(5-7-14)23-24-20-26(2)17-18(30-20)22-15-8-3-12(19(28)29)11-16(15)21-17;1-5-6(2,3)4/h3-8,11,27H,9-10H2,1-2H3;1H3,(H,2,3,4). The molecule has 0 aliphatic carbocycles. The third kappa shape index (κ3) is 6.73. The van der Waals surface area contributed by atoms with E-state index >= 15 is 0 Å². The first-order valence-electron chi connectivity index (χ1n) is 10.2. The second kappa shape index (κ2) is 11.4. The Hall–Kier alpha value is -3.63. The molecular formula is C21H22N6O7S2. The zero-order valence-corrected chi connectivity index (χ0v) is 21.0. The van der Waals surface area contributed by atoms with Crippen LogP contribution >= 0.6 is 11.3 Å². The van der Waals surface area contributed by atoms with Gasteiger partial charge in [0.15, 0.2) is 10.3 Å². The molecule has 0 aliphatic heterocycles. The fourth-order valence-electron chi connectivity index (χ4n) is 2.94. The molecule has 2 aromatic carbocycles. The topological polar surface area (TPSA) is 182 Å². The van der Waals surface area contributed by atoms with Gasteiger partial charge in [-0.1, -0.05) is 10.1 Å². The molecule has 4 aromatic rings. The van der Waals surface area contributed by atoms with Gasteiger partial charge in [0.2, 0.25) is 10.4 Å². The van der Waals surface area contributed by atoms with Crippen LogP contribution in [0.3, 0.4) is 0 Å². The van der Waals surface area contributed by atoms with E-state index in [0.29, 0.717) is 38.9 Å². The highest BCUT2D eigenvalue weighted by atomic mass is 32.3. The molecule has 13 nitrogen and oxygen atoms in total. The molecule has 2 heterocycles. The van der Waals surface area contributed by atoms with Gasteiger partial charge in [0.05, 0.1) is 26.3 Å². The van der Waals surface area contributed by atoms with Gasteiger partial charge in [0.25, 0.3) is 0 Å². The van der Waals surface area contributed by atoms with Gasteiger partial charge in [0, 0.05) is 24.4 Å². The number of azo groups is 1. The zero-order valence-electron chi connectivity index (χ0n) is 19.4. The lowest BCUT2D eigenvalue weighted by molar-refractivity contribution is -0.629. The summed E-state index contributed by atoms with van der Waals surface area (Å²) >= 11 is 1.36. The number of aromatic nitrogens is 3. The minimum atomic E-state index is -4.41. The highest BCUT2D eigenvalue weighted by Crippen LogP contribution is 2.27. The molecule has 0 saturated heterocycles. The summed E-state index contributed by atoms with van der Waals surface area (Å²) in [6, 6.07) is 12.2. The van der Waals surface area contributed by atoms with E-state index in [9.17, 15) is 22.9 Å². The molecule has 0 saturated carbocycles. The van der Waals surface area contributed by atoms with E-state index in [4.69, 9.17) is 5.11 Å². The van der Waals surface area contributed by atoms with E-state index in [-0.39, 0.29) is 12.2 Å². The lowest BCUT2D eigenvalue weighted by Gasteiger charge is -2.17. The average molecular weight is 535 g/mol. The van der Waals surface area contributed by atoms with Crippen molar-refractivity contribution in [3.05, 3.63) is 48.0 Å². The number of aliphatic hydroxyl groups excluding tert-OH is 1. The van der Waals surface area contributed by atoms with Crippen molar-refractivity contribution in [2.24, 2.45) is 17.3 Å². The summed E-state index contributed by atoms with van der Waals surface area (Å²) in [4.78, 5) is 23.0. The SMILES string of the molecule is CN(CCO)c1ccc(N=Nc2sc3nc4ccc(C(=O)O)cc4nc3[n+]2C)cc1.COS(=O)(=O)[O-]. The van der Waals surface area contributed by atoms with Crippen LogP contribution in [0.1, 0.15) is 10.4 Å². The molecule has 15 heteroatoms. The summed E-state index contributed by atoms with van der Waals surface area (Å²) < 4.78 is 32.8. The maximum atomic E-state index is 11.2. The molecule has 0 bridgehead atoms. The Morgan fingerprint density at radius 3 is 2.42 bits per heavy atom. The summed E-state index contributed by atoms with van der Waals surface area (Å²) in [7, 11) is 0.127. The summed E-state index contributed by atoms with van der Waals surface area (Å²) in [6.45, 7) is 0.649. The van der Waals surface area contributed by atoms with Gasteiger partial charge in [-0.05, 0) is 53.8 Å². The van der Waals surface area contributed by atoms with Crippen molar-refractivity contribution < 1.29 is 36.7 Å². The lowest BCUT2D eigenvalue weighted by atomic mass is 10.2. The minimum absolute atomic E-state index is 0.0924. The lowest BCUT2D eigenvalue weighted by Crippen LogP contribution is -2.26. The molecule has 0 aliphatic rings. The number of benzene rings is 2. The van der Waals surface area contributed by atoms with Crippen LogP contribution in [-0.2, 0) is 21.6 Å². The van der Waals surface area contributed by atoms with Crippen molar-refractivity contribution in [2.75, 3.05) is 32.2 Å². The number of thiazole rings is 1. The number of aryl methyl sites for hydroxylation is 1. The Labute approximate surface area is 209 Å². The highest BCUT2D eigenvalue weighted by molar-refractivity contribution is 7.80. The Bertz CT molecular complexity index is 1520. The van der Waals surface area contributed by atoms with E-state index in [1.165, 1.54) is 23.5 Å². The third-order valence-electron chi connectivity index (χ3n) is 4.84. The van der Waals surface area contributed by atoms with Crippen LogP contribution in [-0.4, -0.2) is 66.4 Å². The number of hydrogen-bond donors (Lipinski definition) is 2. The first-order chi connectivity index (χ1) is 17.0. The molecule has 0 amide bonds. The van der Waals surface area contributed by atoms with Crippen LogP contribution in [0.5, 0.6) is 0 Å². The molecular weight excluding hydrogens is 512 g/mol. The van der Waals surface area contributed by atoms with Crippen molar-refractivity contribution in [1.82, 2.24) is 9.97 Å². The van der Waals surface area contributed by atoms with Gasteiger partial charge < -0.3 is 19.7 Å². The molecule has 2 aromatic heterocycles. The number of likely N-dealkylation sites (N-methyl/N-ethyl adjacent to an activating group) is 1. The number of carboxylic acids is 1. The van der Waals surface area contributed by atoms with E-state index in [0.717, 1.165) is 12.8 Å². The number of aliphatic hydroxyl groups is 1. The van der Waals surface area contributed by atoms with Crippen LogP contribution in [0.25, 0.3) is 21.5 Å². The van der Waals surface area contributed by atoms with E-state index in [1.807, 2.05) is 43.3 Å². The largest absolute Gasteiger partial charge is 0.726 e.